The number of aromatic nitrogens is 2. The molecule has 6 heteroatoms. The van der Waals surface area contributed by atoms with Crippen LogP contribution < -0.4 is 15.0 Å². The molecule has 30 heavy (non-hydrogen) atoms. The molecule has 152 valence electrons. The van der Waals surface area contributed by atoms with Crippen LogP contribution in [0.25, 0.3) is 0 Å². The van der Waals surface area contributed by atoms with Gasteiger partial charge in [0.2, 0.25) is 5.95 Å². The lowest BCUT2D eigenvalue weighted by molar-refractivity contribution is 0.0984. The average molecular weight is 400 g/mol. The van der Waals surface area contributed by atoms with E-state index in [0.29, 0.717) is 23.9 Å². The summed E-state index contributed by atoms with van der Waals surface area (Å²) in [4.78, 5) is 24.2. The minimum Gasteiger partial charge on any atom is -0.493 e. The number of ether oxygens (including phenoxy) is 1. The molecule has 1 saturated carbocycles. The van der Waals surface area contributed by atoms with Gasteiger partial charge >= 0.3 is 0 Å². The number of benzene rings is 2. The first-order valence-electron chi connectivity index (χ1n) is 10.4. The molecule has 0 radical (unpaired) electrons. The highest BCUT2D eigenvalue weighted by molar-refractivity contribution is 6.06. The summed E-state index contributed by atoms with van der Waals surface area (Å²) in [6.45, 7) is 2.75. The monoisotopic (exact) mass is 400 g/mol. The third-order valence-electron chi connectivity index (χ3n) is 5.60. The van der Waals surface area contributed by atoms with Crippen molar-refractivity contribution in [3.8, 4) is 5.75 Å². The van der Waals surface area contributed by atoms with Gasteiger partial charge in [0.25, 0.3) is 5.91 Å². The Balaban J connectivity index is 1.40. The van der Waals surface area contributed by atoms with Crippen LogP contribution in [0.3, 0.4) is 0 Å². The number of hydrogen-bond acceptors (Lipinski definition) is 5. The van der Waals surface area contributed by atoms with Crippen LogP contribution in [0.5, 0.6) is 5.75 Å². The lowest BCUT2D eigenvalue weighted by Gasteiger charge is -2.23. The maximum atomic E-state index is 13.4. The maximum absolute atomic E-state index is 13.4. The van der Waals surface area contributed by atoms with Gasteiger partial charge in [-0.3, -0.25) is 9.69 Å². The van der Waals surface area contributed by atoms with Gasteiger partial charge in [-0.1, -0.05) is 30.3 Å². The van der Waals surface area contributed by atoms with Crippen LogP contribution in [0.1, 0.15) is 47.3 Å². The number of fused-ring (bicyclic) bond motifs is 1. The Morgan fingerprint density at radius 1 is 1.17 bits per heavy atom. The molecular formula is C24H24N4O2. The summed E-state index contributed by atoms with van der Waals surface area (Å²) in [6, 6.07) is 17.9. The fourth-order valence-corrected chi connectivity index (χ4v) is 3.82. The summed E-state index contributed by atoms with van der Waals surface area (Å²) < 4.78 is 5.57. The summed E-state index contributed by atoms with van der Waals surface area (Å²) in [5.74, 6) is 2.02. The van der Waals surface area contributed by atoms with E-state index < -0.39 is 0 Å². The second-order valence-electron chi connectivity index (χ2n) is 7.84. The Kier molecular flexibility index (Phi) is 4.83. The van der Waals surface area contributed by atoms with Gasteiger partial charge in [0.05, 0.1) is 12.6 Å². The van der Waals surface area contributed by atoms with Gasteiger partial charge in [-0.25, -0.2) is 4.98 Å². The van der Waals surface area contributed by atoms with Crippen molar-refractivity contribution in [3.63, 3.8) is 0 Å². The zero-order valence-electron chi connectivity index (χ0n) is 16.9. The first-order chi connectivity index (χ1) is 14.7. The van der Waals surface area contributed by atoms with E-state index in [1.165, 1.54) is 0 Å². The Bertz CT molecular complexity index is 1070. The Labute approximate surface area is 175 Å². The van der Waals surface area contributed by atoms with Crippen molar-refractivity contribution >= 4 is 17.7 Å². The van der Waals surface area contributed by atoms with E-state index in [2.05, 4.69) is 34.3 Å². The maximum Gasteiger partial charge on any atom is 0.259 e. The molecule has 0 spiro atoms. The molecule has 1 atom stereocenters. The zero-order valence-corrected chi connectivity index (χ0v) is 16.9. The quantitative estimate of drug-likeness (QED) is 0.665. The molecule has 5 rings (SSSR count). The number of nitrogens with one attached hydrogen (secondary N) is 1. The molecule has 1 fully saturated rings. The third kappa shape index (κ3) is 3.73. The molecule has 1 aromatic heterocycles. The van der Waals surface area contributed by atoms with E-state index in [-0.39, 0.29) is 18.0 Å². The second kappa shape index (κ2) is 7.78. The molecule has 0 unspecified atom stereocenters. The van der Waals surface area contributed by atoms with Gasteiger partial charge < -0.3 is 10.1 Å². The lowest BCUT2D eigenvalue weighted by Crippen LogP contribution is -2.34. The highest BCUT2D eigenvalue weighted by atomic mass is 16.5. The molecule has 0 bridgehead atoms. The number of amides is 1. The van der Waals surface area contributed by atoms with Gasteiger partial charge in [0.15, 0.2) is 0 Å². The van der Waals surface area contributed by atoms with Crippen molar-refractivity contribution in [1.29, 1.82) is 0 Å². The van der Waals surface area contributed by atoms with Crippen LogP contribution in [-0.2, 0) is 6.42 Å². The van der Waals surface area contributed by atoms with Gasteiger partial charge in [0, 0.05) is 24.2 Å². The van der Waals surface area contributed by atoms with Crippen molar-refractivity contribution in [2.75, 3.05) is 16.8 Å². The predicted molar refractivity (Wildman–Crippen MR) is 116 cm³/mol. The highest BCUT2D eigenvalue weighted by Crippen LogP contribution is 2.34. The molecule has 1 N–H and O–H groups in total. The van der Waals surface area contributed by atoms with E-state index in [0.717, 1.165) is 36.1 Å². The van der Waals surface area contributed by atoms with Crippen LogP contribution >= 0.6 is 0 Å². The summed E-state index contributed by atoms with van der Waals surface area (Å²) in [5.41, 5.74) is 2.93. The number of nitrogens with zero attached hydrogens (tertiary/aromatic N) is 3. The fraction of sp³-hybridized carbons (Fsp3) is 0.292. The minimum atomic E-state index is -0.0204. The molecular weight excluding hydrogens is 376 g/mol. The molecule has 1 aliphatic heterocycles. The zero-order chi connectivity index (χ0) is 20.5. The topological polar surface area (TPSA) is 67.4 Å². The molecule has 2 heterocycles. The van der Waals surface area contributed by atoms with Crippen LogP contribution in [0.4, 0.5) is 11.8 Å². The van der Waals surface area contributed by atoms with Crippen LogP contribution in [0, 0.1) is 0 Å². The van der Waals surface area contributed by atoms with Crippen molar-refractivity contribution in [2.24, 2.45) is 0 Å². The van der Waals surface area contributed by atoms with Gasteiger partial charge in [-0.15, -0.1) is 0 Å². The molecule has 1 amide bonds. The average Bonchev–Trinajstić information content (AvgIpc) is 3.49. The molecule has 6 nitrogen and oxygen atoms in total. The molecule has 1 aliphatic carbocycles. The van der Waals surface area contributed by atoms with E-state index in [4.69, 9.17) is 4.74 Å². The van der Waals surface area contributed by atoms with Crippen LogP contribution in [-0.4, -0.2) is 28.5 Å². The van der Waals surface area contributed by atoms with E-state index in [1.807, 2.05) is 47.4 Å². The number of carbonyl (C=O) groups excluding carboxylic acids is 1. The molecule has 2 aromatic carbocycles. The lowest BCUT2D eigenvalue weighted by atomic mass is 10.1. The van der Waals surface area contributed by atoms with Crippen molar-refractivity contribution in [2.45, 2.75) is 38.3 Å². The number of rotatable bonds is 6. The van der Waals surface area contributed by atoms with Crippen molar-refractivity contribution in [3.05, 3.63) is 77.5 Å². The molecule has 0 saturated heterocycles. The van der Waals surface area contributed by atoms with Crippen molar-refractivity contribution in [1.82, 2.24) is 9.97 Å². The third-order valence-corrected chi connectivity index (χ3v) is 5.60. The van der Waals surface area contributed by atoms with E-state index in [9.17, 15) is 4.79 Å². The molecule has 2 aliphatic rings. The number of carbonyl (C=O) groups is 1. The summed E-state index contributed by atoms with van der Waals surface area (Å²) in [7, 11) is 0. The second-order valence-corrected chi connectivity index (χ2v) is 7.84. The number of hydrogen-bond donors (Lipinski definition) is 1. The van der Waals surface area contributed by atoms with Crippen LogP contribution in [0.15, 0.2) is 60.8 Å². The fourth-order valence-electron chi connectivity index (χ4n) is 3.82. The largest absolute Gasteiger partial charge is 0.493 e. The van der Waals surface area contributed by atoms with E-state index in [1.54, 1.807) is 6.20 Å². The smallest absolute Gasteiger partial charge is 0.259 e. The van der Waals surface area contributed by atoms with Gasteiger partial charge in [-0.05, 0) is 55.2 Å². The summed E-state index contributed by atoms with van der Waals surface area (Å²) in [5, 5.41) is 3.35. The summed E-state index contributed by atoms with van der Waals surface area (Å²) in [6.07, 6.45) is 4.54. The SMILES string of the molecule is C[C@H](Nc1nccc(N(C(=O)c2ccc3c(c2)CCO3)C2CC2)n1)c1ccccc1. The summed E-state index contributed by atoms with van der Waals surface area (Å²) >= 11 is 0. The standard InChI is InChI=1S/C24H24N4O2/c1-16(17-5-3-2-4-6-17)26-24-25-13-11-22(27-24)28(20-8-9-20)23(29)19-7-10-21-18(15-19)12-14-30-21/h2-7,10-11,13,15-16,20H,8-9,12,14H2,1H3,(H,25,26,27)/t16-/m0/s1. The van der Waals surface area contributed by atoms with E-state index >= 15 is 0 Å². The number of anilines is 2. The Hall–Kier alpha value is -3.41. The van der Waals surface area contributed by atoms with Crippen LogP contribution in [0.2, 0.25) is 0 Å². The minimum absolute atomic E-state index is 0.0204. The molecule has 3 aromatic rings. The normalized spacial score (nSPS) is 15.8. The Morgan fingerprint density at radius 3 is 2.80 bits per heavy atom. The highest BCUT2D eigenvalue weighted by Gasteiger charge is 2.35. The van der Waals surface area contributed by atoms with Gasteiger partial charge in [-0.2, -0.15) is 4.98 Å². The Morgan fingerprint density at radius 2 is 2.00 bits per heavy atom. The first-order valence-corrected chi connectivity index (χ1v) is 10.4. The first kappa shape index (κ1) is 18.6. The van der Waals surface area contributed by atoms with Crippen molar-refractivity contribution < 1.29 is 9.53 Å². The predicted octanol–water partition coefficient (Wildman–Crippen LogP) is 4.39. The van der Waals surface area contributed by atoms with Gasteiger partial charge in [0.1, 0.15) is 11.6 Å².